The van der Waals surface area contributed by atoms with Gasteiger partial charge < -0.3 is 44.8 Å². The van der Waals surface area contributed by atoms with E-state index in [4.69, 9.17) is 24.7 Å². The maximum Gasteiger partial charge on any atom is 0.253 e. The van der Waals surface area contributed by atoms with Crippen molar-refractivity contribution in [3.63, 3.8) is 0 Å². The Labute approximate surface area is 403 Å². The number of carbonyl (C=O) groups is 5. The topological polar surface area (TPSA) is 184 Å². The molecule has 5 amide bonds. The molecule has 374 valence electrons. The number of benzene rings is 2. The molecule has 0 fully saturated rings. The van der Waals surface area contributed by atoms with Gasteiger partial charge in [0.2, 0.25) is 17.7 Å². The first-order valence-electron chi connectivity index (χ1n) is 23.4. The second kappa shape index (κ2) is 30.5. The number of amides is 5. The largest absolute Gasteiger partial charge is 0.377 e. The number of thioether (sulfide) groups is 1. The molecule has 0 radical (unpaired) electrons. The van der Waals surface area contributed by atoms with Gasteiger partial charge in [-0.1, -0.05) is 57.5 Å². The van der Waals surface area contributed by atoms with Crippen LogP contribution in [-0.2, 0) is 49.5 Å². The first kappa shape index (κ1) is 55.6. The summed E-state index contributed by atoms with van der Waals surface area (Å²) < 4.78 is 53.6. The molecule has 0 spiro atoms. The summed E-state index contributed by atoms with van der Waals surface area (Å²) in [5, 5.41) is 5.65. The number of nitrogens with two attached hydrogens (primary N) is 1. The summed E-state index contributed by atoms with van der Waals surface area (Å²) >= 11 is 1.38. The van der Waals surface area contributed by atoms with Gasteiger partial charge in [0.15, 0.2) is 0 Å². The summed E-state index contributed by atoms with van der Waals surface area (Å²) in [4.78, 5) is 64.8. The minimum atomic E-state index is -0.542. The summed E-state index contributed by atoms with van der Waals surface area (Å²) in [5.41, 5.74) is 7.96. The zero-order valence-electron chi connectivity index (χ0n) is 39.8. The number of halogens is 2. The van der Waals surface area contributed by atoms with Crippen LogP contribution in [0.3, 0.4) is 0 Å². The number of rotatable bonds is 34. The Morgan fingerprint density at radius 3 is 1.97 bits per heavy atom. The SMILES string of the molecule is CC(C)(C)[C@H](c1cc(-c2cc(F)ccc2F)cn1Cc1ccccc1)N(CCCN)C(=O)CSCCC(=O)NCCOCCOCCOCCOCCNC(=O)CCCCCN1C(=O)C=CC1=O. The van der Waals surface area contributed by atoms with E-state index in [0.29, 0.717) is 129 Å². The van der Waals surface area contributed by atoms with Gasteiger partial charge in [-0.25, -0.2) is 8.78 Å². The van der Waals surface area contributed by atoms with Crippen molar-refractivity contribution in [1.82, 2.24) is 25.0 Å². The van der Waals surface area contributed by atoms with Gasteiger partial charge in [-0.05, 0) is 61.1 Å². The third kappa shape index (κ3) is 19.9. The van der Waals surface area contributed by atoms with E-state index >= 15 is 4.39 Å². The molecule has 4 N–H and O–H groups in total. The van der Waals surface area contributed by atoms with Crippen molar-refractivity contribution in [2.75, 3.05) is 97.1 Å². The Morgan fingerprint density at radius 1 is 0.765 bits per heavy atom. The van der Waals surface area contributed by atoms with Crippen molar-refractivity contribution in [1.29, 1.82) is 0 Å². The second-order valence-electron chi connectivity index (χ2n) is 17.3. The number of hydrogen-bond donors (Lipinski definition) is 3. The predicted octanol–water partition coefficient (Wildman–Crippen LogP) is 5.65. The summed E-state index contributed by atoms with van der Waals surface area (Å²) in [5.74, 6) is -1.38. The third-order valence-corrected chi connectivity index (χ3v) is 11.8. The Bertz CT molecular complexity index is 2050. The van der Waals surface area contributed by atoms with Crippen molar-refractivity contribution in [2.24, 2.45) is 11.1 Å². The van der Waals surface area contributed by atoms with Gasteiger partial charge in [-0.3, -0.25) is 28.9 Å². The molecule has 0 aliphatic carbocycles. The van der Waals surface area contributed by atoms with Crippen molar-refractivity contribution in [2.45, 2.75) is 71.9 Å². The van der Waals surface area contributed by atoms with E-state index in [9.17, 15) is 28.4 Å². The van der Waals surface area contributed by atoms with E-state index in [2.05, 4.69) is 31.4 Å². The quantitative estimate of drug-likeness (QED) is 0.0497. The number of nitrogens with zero attached hydrogens (tertiary/aromatic N) is 3. The molecule has 1 aliphatic rings. The van der Waals surface area contributed by atoms with Crippen LogP contribution >= 0.6 is 11.8 Å². The maximum atomic E-state index is 15.1. The Hall–Kier alpha value is -4.98. The molecular weight excluding hydrogens is 899 g/mol. The Balaban J connectivity index is 1.06. The van der Waals surface area contributed by atoms with E-state index in [1.165, 1.54) is 34.9 Å². The monoisotopic (exact) mass is 968 g/mol. The molecular formula is C50H70F2N6O9S. The van der Waals surface area contributed by atoms with Crippen LogP contribution in [0, 0.1) is 17.0 Å². The Kier molecular flexibility index (Phi) is 24.9. The van der Waals surface area contributed by atoms with Crippen molar-refractivity contribution in [3.05, 3.63) is 95.8 Å². The zero-order chi connectivity index (χ0) is 49.2. The summed E-state index contributed by atoms with van der Waals surface area (Å²) in [6.45, 7) is 11.5. The summed E-state index contributed by atoms with van der Waals surface area (Å²) in [6.07, 6.45) is 7.61. The van der Waals surface area contributed by atoms with Gasteiger partial charge in [0, 0.05) is 86.5 Å². The van der Waals surface area contributed by atoms with Crippen molar-refractivity contribution in [3.8, 4) is 11.1 Å². The fraction of sp³-hybridized carbons (Fsp3) is 0.540. The second-order valence-corrected chi connectivity index (χ2v) is 18.4. The maximum absolute atomic E-state index is 15.1. The van der Waals surface area contributed by atoms with Gasteiger partial charge >= 0.3 is 0 Å². The standard InChI is InChI=1S/C50H70F2N6O9S/c1-50(2,3)49(43-33-39(41-34-40(51)14-15-42(41)52)36-56(43)35-38-11-6-4-7-12-38)58(23-10-19-53)48(63)37-68-32-18-45(60)55-21-25-65-27-29-67-31-30-66-28-26-64-24-20-54-44(59)13-8-5-9-22-57-46(61)16-17-47(57)62/h4,6-7,11-12,14-17,33-34,36,49H,5,8-10,13,18-32,35,37,53H2,1-3H3,(H,54,59)(H,55,60)/t49-/m0/s1. The molecule has 18 heteroatoms. The van der Waals surface area contributed by atoms with Gasteiger partial charge in [0.05, 0.1) is 64.6 Å². The van der Waals surface area contributed by atoms with Gasteiger partial charge in [0.25, 0.3) is 11.8 Å². The number of ether oxygens (including phenoxy) is 4. The van der Waals surface area contributed by atoms with Crippen LogP contribution in [0.15, 0.2) is 72.9 Å². The van der Waals surface area contributed by atoms with Crippen LogP contribution in [0.25, 0.3) is 11.1 Å². The van der Waals surface area contributed by atoms with Crippen LogP contribution in [0.4, 0.5) is 8.78 Å². The van der Waals surface area contributed by atoms with Crippen LogP contribution in [0.1, 0.15) is 76.6 Å². The first-order chi connectivity index (χ1) is 32.8. The summed E-state index contributed by atoms with van der Waals surface area (Å²) in [7, 11) is 0. The lowest BCUT2D eigenvalue weighted by Crippen LogP contribution is -2.44. The molecule has 0 unspecified atom stereocenters. The highest BCUT2D eigenvalue weighted by Crippen LogP contribution is 2.41. The molecule has 2 heterocycles. The molecule has 0 saturated heterocycles. The zero-order valence-corrected chi connectivity index (χ0v) is 40.6. The normalized spacial score (nSPS) is 13.1. The van der Waals surface area contributed by atoms with Crippen LogP contribution in [0.2, 0.25) is 0 Å². The molecule has 3 aromatic rings. The molecule has 1 aromatic heterocycles. The number of unbranched alkanes of at least 4 members (excludes halogenated alkanes) is 2. The molecule has 15 nitrogen and oxygen atoms in total. The number of aromatic nitrogens is 1. The minimum absolute atomic E-state index is 0.0679. The lowest BCUT2D eigenvalue weighted by Gasteiger charge is -2.41. The third-order valence-electron chi connectivity index (χ3n) is 10.8. The average Bonchev–Trinajstić information content (AvgIpc) is 3.86. The van der Waals surface area contributed by atoms with E-state index in [-0.39, 0.29) is 47.3 Å². The van der Waals surface area contributed by atoms with E-state index in [1.807, 2.05) is 52.1 Å². The highest BCUT2D eigenvalue weighted by Gasteiger charge is 2.37. The van der Waals surface area contributed by atoms with Gasteiger partial charge in [-0.2, -0.15) is 11.8 Å². The highest BCUT2D eigenvalue weighted by atomic mass is 32.2. The first-order valence-corrected chi connectivity index (χ1v) is 24.6. The molecule has 1 aliphatic heterocycles. The number of imide groups is 1. The number of carbonyl (C=O) groups excluding carboxylic acids is 5. The van der Waals surface area contributed by atoms with Gasteiger partial charge in [0.1, 0.15) is 11.6 Å². The molecule has 0 saturated carbocycles. The molecule has 1 atom stereocenters. The van der Waals surface area contributed by atoms with Crippen molar-refractivity contribution >= 4 is 41.3 Å². The van der Waals surface area contributed by atoms with Crippen LogP contribution in [-0.4, -0.2) is 141 Å². The van der Waals surface area contributed by atoms with Crippen LogP contribution in [0.5, 0.6) is 0 Å². The minimum Gasteiger partial charge on any atom is -0.377 e. The molecule has 68 heavy (non-hydrogen) atoms. The lowest BCUT2D eigenvalue weighted by molar-refractivity contribution is -0.137. The summed E-state index contributed by atoms with van der Waals surface area (Å²) in [6, 6.07) is 14.7. The average molecular weight is 969 g/mol. The van der Waals surface area contributed by atoms with E-state index in [1.54, 1.807) is 0 Å². The fourth-order valence-corrected chi connectivity index (χ4v) is 8.34. The highest BCUT2D eigenvalue weighted by molar-refractivity contribution is 7.99. The van der Waals surface area contributed by atoms with Crippen molar-refractivity contribution < 1.29 is 51.7 Å². The molecule has 2 aromatic carbocycles. The molecule has 0 bridgehead atoms. The number of hydrogen-bond acceptors (Lipinski definition) is 11. The smallest absolute Gasteiger partial charge is 0.253 e. The van der Waals surface area contributed by atoms with Crippen LogP contribution < -0.4 is 16.4 Å². The van der Waals surface area contributed by atoms with E-state index in [0.717, 1.165) is 29.8 Å². The lowest BCUT2D eigenvalue weighted by atomic mass is 9.83. The number of nitrogens with one attached hydrogen (secondary N) is 2. The van der Waals surface area contributed by atoms with E-state index < -0.39 is 23.1 Å². The van der Waals surface area contributed by atoms with Gasteiger partial charge in [-0.15, -0.1) is 0 Å². The fourth-order valence-electron chi connectivity index (χ4n) is 7.53. The predicted molar refractivity (Wildman–Crippen MR) is 258 cm³/mol. The Morgan fingerprint density at radius 2 is 1.37 bits per heavy atom. The molecule has 4 rings (SSSR count).